The number of carbonyl (C=O) groups excluding carboxylic acids is 1. The Morgan fingerprint density at radius 1 is 1.03 bits per heavy atom. The first-order valence-corrected chi connectivity index (χ1v) is 13.5. The van der Waals surface area contributed by atoms with E-state index < -0.39 is 0 Å². The van der Waals surface area contributed by atoms with Gasteiger partial charge in [0.25, 0.3) is 5.91 Å². The van der Waals surface area contributed by atoms with Crippen LogP contribution in [0.4, 0.5) is 0 Å². The second-order valence-electron chi connectivity index (χ2n) is 9.39. The molecule has 0 saturated heterocycles. The number of unbranched alkanes of at least 4 members (excludes halogenated alkanes) is 4. The number of aromatic nitrogens is 1. The van der Waals surface area contributed by atoms with Gasteiger partial charge < -0.3 is 4.57 Å². The van der Waals surface area contributed by atoms with Crippen LogP contribution in [0.25, 0.3) is 17.0 Å². The SMILES string of the molecule is CCCCCCCC1=NN2C(=N)/C(=C\c3cn(Cc4ccc(C)cc4)c4ccccc34)C(=O)N=C2S1. The molecule has 0 radical (unpaired) electrons. The van der Waals surface area contributed by atoms with E-state index in [1.165, 1.54) is 53.6 Å². The Balaban J connectivity index is 1.40. The van der Waals surface area contributed by atoms with E-state index in [2.05, 4.69) is 71.1 Å². The first kappa shape index (κ1) is 24.3. The molecule has 2 aliphatic rings. The maximum atomic E-state index is 13.0. The average Bonchev–Trinajstić information content (AvgIpc) is 3.44. The third-order valence-electron chi connectivity index (χ3n) is 6.58. The standard InChI is InChI=1S/C29H31N5OS/c1-3-4-5-6-7-12-26-32-34-27(30)24(28(35)31-29(34)36-26)17-22-19-33(25-11-9-8-10-23(22)25)18-21-15-13-20(2)14-16-21/h8-11,13-17,19,30H,3-7,12,18H2,1-2H3/b24-17+,30-27?. The molecule has 3 heterocycles. The molecule has 0 saturated carbocycles. The average molecular weight is 498 g/mol. The molecule has 1 N–H and O–H groups in total. The molecule has 0 bridgehead atoms. The molecule has 7 heteroatoms. The fourth-order valence-electron chi connectivity index (χ4n) is 4.58. The van der Waals surface area contributed by atoms with Crippen LogP contribution >= 0.6 is 11.8 Å². The van der Waals surface area contributed by atoms with Crippen LogP contribution in [0.2, 0.25) is 0 Å². The van der Waals surface area contributed by atoms with Gasteiger partial charge in [0.2, 0.25) is 5.17 Å². The van der Waals surface area contributed by atoms with Crippen LogP contribution in [-0.4, -0.2) is 31.5 Å². The summed E-state index contributed by atoms with van der Waals surface area (Å²) in [6.45, 7) is 5.03. The molecule has 2 aromatic carbocycles. The Bertz CT molecular complexity index is 1400. The number of para-hydroxylation sites is 1. The number of amides is 1. The quantitative estimate of drug-likeness (QED) is 0.256. The van der Waals surface area contributed by atoms with Crippen molar-refractivity contribution in [2.24, 2.45) is 10.1 Å². The minimum absolute atomic E-state index is 0.0915. The zero-order valence-corrected chi connectivity index (χ0v) is 21.6. The van der Waals surface area contributed by atoms with Crippen molar-refractivity contribution in [1.29, 1.82) is 5.41 Å². The molecule has 1 aromatic heterocycles. The molecule has 2 aliphatic heterocycles. The monoisotopic (exact) mass is 497 g/mol. The zero-order chi connectivity index (χ0) is 25.1. The summed E-state index contributed by atoms with van der Waals surface area (Å²) >= 11 is 1.42. The highest BCUT2D eigenvalue weighted by Crippen LogP contribution is 2.31. The molecule has 184 valence electrons. The highest BCUT2D eigenvalue weighted by Gasteiger charge is 2.35. The molecule has 36 heavy (non-hydrogen) atoms. The number of thioether (sulfide) groups is 1. The van der Waals surface area contributed by atoms with Crippen molar-refractivity contribution in [2.75, 3.05) is 0 Å². The number of hydrogen-bond donors (Lipinski definition) is 1. The maximum Gasteiger partial charge on any atom is 0.283 e. The van der Waals surface area contributed by atoms with Crippen LogP contribution in [0.5, 0.6) is 0 Å². The molecule has 1 amide bonds. The van der Waals surface area contributed by atoms with E-state index in [4.69, 9.17) is 5.41 Å². The number of nitrogens with zero attached hydrogens (tertiary/aromatic N) is 4. The predicted molar refractivity (Wildman–Crippen MR) is 151 cm³/mol. The van der Waals surface area contributed by atoms with Crippen LogP contribution in [0, 0.1) is 12.3 Å². The largest absolute Gasteiger partial charge is 0.342 e. The van der Waals surface area contributed by atoms with Gasteiger partial charge in [-0.05, 0) is 49.2 Å². The number of rotatable bonds is 9. The van der Waals surface area contributed by atoms with E-state index in [-0.39, 0.29) is 17.3 Å². The first-order chi connectivity index (χ1) is 17.5. The number of hydrazone groups is 1. The molecule has 3 aromatic rings. The lowest BCUT2D eigenvalue weighted by atomic mass is 10.1. The lowest BCUT2D eigenvalue weighted by Crippen LogP contribution is -2.35. The smallest absolute Gasteiger partial charge is 0.283 e. The van der Waals surface area contributed by atoms with Crippen LogP contribution in [0.3, 0.4) is 0 Å². The predicted octanol–water partition coefficient (Wildman–Crippen LogP) is 6.98. The topological polar surface area (TPSA) is 73.8 Å². The van der Waals surface area contributed by atoms with E-state index in [1.807, 2.05) is 12.1 Å². The molecule has 0 aliphatic carbocycles. The highest BCUT2D eigenvalue weighted by molar-refractivity contribution is 8.26. The summed E-state index contributed by atoms with van der Waals surface area (Å²) in [6.07, 6.45) is 10.7. The minimum Gasteiger partial charge on any atom is -0.342 e. The van der Waals surface area contributed by atoms with Gasteiger partial charge in [-0.25, -0.2) is 0 Å². The Hall–Kier alpha value is -3.45. The number of hydrogen-bond acceptors (Lipinski definition) is 4. The summed E-state index contributed by atoms with van der Waals surface area (Å²) in [5, 5.41) is 17.4. The molecule has 5 rings (SSSR count). The molecular weight excluding hydrogens is 466 g/mol. The summed E-state index contributed by atoms with van der Waals surface area (Å²) in [6, 6.07) is 16.7. The first-order valence-electron chi connectivity index (χ1n) is 12.7. The summed E-state index contributed by atoms with van der Waals surface area (Å²) in [7, 11) is 0. The lowest BCUT2D eigenvalue weighted by molar-refractivity contribution is -0.114. The molecule has 0 unspecified atom stereocenters. The molecule has 6 nitrogen and oxygen atoms in total. The van der Waals surface area contributed by atoms with Crippen LogP contribution in [0.15, 0.2) is 70.4 Å². The third kappa shape index (κ3) is 5.07. The van der Waals surface area contributed by atoms with Crippen LogP contribution < -0.4 is 0 Å². The highest BCUT2D eigenvalue weighted by atomic mass is 32.2. The van der Waals surface area contributed by atoms with Crippen molar-refractivity contribution in [3.8, 4) is 0 Å². The van der Waals surface area contributed by atoms with Gasteiger partial charge in [0.05, 0.1) is 5.57 Å². The van der Waals surface area contributed by atoms with E-state index in [9.17, 15) is 4.79 Å². The van der Waals surface area contributed by atoms with E-state index in [0.717, 1.165) is 40.9 Å². The number of carbonyl (C=O) groups is 1. The molecule has 0 fully saturated rings. The fourth-order valence-corrected chi connectivity index (χ4v) is 5.51. The van der Waals surface area contributed by atoms with Gasteiger partial charge in [0, 0.05) is 29.2 Å². The number of fused-ring (bicyclic) bond motifs is 2. The number of aryl methyl sites for hydroxylation is 1. The fraction of sp³-hybridized carbons (Fsp3) is 0.310. The van der Waals surface area contributed by atoms with Crippen molar-refractivity contribution in [1.82, 2.24) is 9.58 Å². The number of nitrogens with one attached hydrogen (secondary N) is 1. The molecule has 0 atom stereocenters. The third-order valence-corrected chi connectivity index (χ3v) is 7.55. The van der Waals surface area contributed by atoms with Crippen LogP contribution in [0.1, 0.15) is 62.1 Å². The van der Waals surface area contributed by atoms with E-state index >= 15 is 0 Å². The van der Waals surface area contributed by atoms with Gasteiger partial charge in [-0.3, -0.25) is 10.2 Å². The number of benzene rings is 2. The van der Waals surface area contributed by atoms with Gasteiger partial charge in [-0.1, -0.05) is 80.6 Å². The normalized spacial score (nSPS) is 16.6. The summed E-state index contributed by atoms with van der Waals surface area (Å²) in [4.78, 5) is 17.2. The van der Waals surface area contributed by atoms with Crippen molar-refractivity contribution in [2.45, 2.75) is 58.9 Å². The number of aliphatic imine (C=N–C) groups is 1. The van der Waals surface area contributed by atoms with Gasteiger partial charge >= 0.3 is 0 Å². The second kappa shape index (κ2) is 10.7. The zero-order valence-electron chi connectivity index (χ0n) is 20.8. The second-order valence-corrected chi connectivity index (χ2v) is 10.4. The Morgan fingerprint density at radius 2 is 1.81 bits per heavy atom. The summed E-state index contributed by atoms with van der Waals surface area (Å²) in [5.74, 6) is -0.289. The molecule has 0 spiro atoms. The van der Waals surface area contributed by atoms with E-state index in [0.29, 0.717) is 5.17 Å². The van der Waals surface area contributed by atoms with Gasteiger partial charge in [-0.2, -0.15) is 15.1 Å². The Labute approximate surface area is 216 Å². The molecular formula is C29H31N5OS. The van der Waals surface area contributed by atoms with Gasteiger partial charge in [0.15, 0.2) is 5.84 Å². The Morgan fingerprint density at radius 3 is 2.61 bits per heavy atom. The van der Waals surface area contributed by atoms with Gasteiger partial charge in [0.1, 0.15) is 5.04 Å². The summed E-state index contributed by atoms with van der Waals surface area (Å²) < 4.78 is 2.19. The Kier molecular flexibility index (Phi) is 7.18. The maximum absolute atomic E-state index is 13.0. The van der Waals surface area contributed by atoms with E-state index in [1.54, 1.807) is 6.08 Å². The van der Waals surface area contributed by atoms with Crippen molar-refractivity contribution in [3.05, 3.63) is 77.0 Å². The van der Waals surface area contributed by atoms with Gasteiger partial charge in [-0.15, -0.1) is 0 Å². The van der Waals surface area contributed by atoms with Crippen molar-refractivity contribution in [3.63, 3.8) is 0 Å². The van der Waals surface area contributed by atoms with Crippen molar-refractivity contribution < 1.29 is 4.79 Å². The van der Waals surface area contributed by atoms with Crippen molar-refractivity contribution >= 4 is 50.7 Å². The minimum atomic E-state index is -0.381. The summed E-state index contributed by atoms with van der Waals surface area (Å²) in [5.41, 5.74) is 4.70. The lowest BCUT2D eigenvalue weighted by Gasteiger charge is -2.20. The number of amidine groups is 2. The van der Waals surface area contributed by atoms with Crippen LogP contribution in [-0.2, 0) is 11.3 Å².